The highest BCUT2D eigenvalue weighted by Crippen LogP contribution is 2.42. The highest BCUT2D eigenvalue weighted by Gasteiger charge is 2.39. The first-order chi connectivity index (χ1) is 9.99. The van der Waals surface area contributed by atoms with Crippen LogP contribution in [0.3, 0.4) is 0 Å². The molecular weight excluding hydrogens is 270 g/mol. The highest BCUT2D eigenvalue weighted by atomic mass is 16.5. The number of carbonyl (C=O) groups excluding carboxylic acids is 1. The van der Waals surface area contributed by atoms with Crippen molar-refractivity contribution in [2.24, 2.45) is 5.41 Å². The van der Waals surface area contributed by atoms with Crippen LogP contribution in [0.25, 0.3) is 0 Å². The van der Waals surface area contributed by atoms with Gasteiger partial charge in [0, 0.05) is 20.1 Å². The molecule has 0 unspecified atom stereocenters. The molecule has 0 saturated heterocycles. The number of carbonyl (C=O) groups is 2. The maximum absolute atomic E-state index is 12.2. The molecule has 5 heteroatoms. The fraction of sp³-hybridized carbons (Fsp3) is 0.875. The number of nitrogens with one attached hydrogen (secondary N) is 1. The Morgan fingerprint density at radius 1 is 1.05 bits per heavy atom. The minimum absolute atomic E-state index is 0.0264. The van der Waals surface area contributed by atoms with Gasteiger partial charge < -0.3 is 15.2 Å². The highest BCUT2D eigenvalue weighted by molar-refractivity contribution is 5.78. The maximum atomic E-state index is 12.2. The lowest BCUT2D eigenvalue weighted by Crippen LogP contribution is -2.50. The molecule has 2 rings (SSSR count). The average Bonchev–Trinajstić information content (AvgIpc) is 2.37. The lowest BCUT2D eigenvalue weighted by Gasteiger charge is -2.41. The molecule has 0 heterocycles. The lowest BCUT2D eigenvalue weighted by atomic mass is 9.69. The Balaban J connectivity index is 1.87. The van der Waals surface area contributed by atoms with E-state index in [1.807, 2.05) is 0 Å². The molecule has 0 aromatic carbocycles. The molecule has 2 fully saturated rings. The van der Waals surface area contributed by atoms with Crippen LogP contribution >= 0.6 is 0 Å². The van der Waals surface area contributed by atoms with Gasteiger partial charge in [-0.2, -0.15) is 0 Å². The summed E-state index contributed by atoms with van der Waals surface area (Å²) < 4.78 is 5.50. The van der Waals surface area contributed by atoms with Crippen LogP contribution in [0, 0.1) is 5.41 Å². The van der Waals surface area contributed by atoms with Gasteiger partial charge >= 0.3 is 5.97 Å². The Morgan fingerprint density at radius 3 is 2.19 bits per heavy atom. The van der Waals surface area contributed by atoms with Crippen LogP contribution in [-0.2, 0) is 14.3 Å². The first-order valence-corrected chi connectivity index (χ1v) is 8.03. The van der Waals surface area contributed by atoms with Crippen molar-refractivity contribution in [1.29, 1.82) is 0 Å². The van der Waals surface area contributed by atoms with E-state index in [2.05, 4.69) is 5.32 Å². The van der Waals surface area contributed by atoms with Gasteiger partial charge in [-0.05, 0) is 37.5 Å². The summed E-state index contributed by atoms with van der Waals surface area (Å²) >= 11 is 0. The van der Waals surface area contributed by atoms with Crippen molar-refractivity contribution in [1.82, 2.24) is 5.32 Å². The molecular formula is C16H27NO4. The SMILES string of the molecule is COC1(CNC(=O)CC2(CC(=O)O)CCCCC2)CCC1. The Hall–Kier alpha value is -1.10. The monoisotopic (exact) mass is 297 g/mol. The molecule has 0 radical (unpaired) electrons. The first kappa shape index (κ1) is 16.3. The third kappa shape index (κ3) is 4.19. The number of carboxylic acids is 1. The molecule has 0 atom stereocenters. The van der Waals surface area contributed by atoms with E-state index in [0.29, 0.717) is 13.0 Å². The number of amides is 1. The van der Waals surface area contributed by atoms with Crippen molar-refractivity contribution in [3.8, 4) is 0 Å². The summed E-state index contributed by atoms with van der Waals surface area (Å²) in [7, 11) is 1.69. The third-order valence-corrected chi connectivity index (χ3v) is 5.28. The number of methoxy groups -OCH3 is 1. The number of carboxylic acid groups (broad SMARTS) is 1. The zero-order valence-electron chi connectivity index (χ0n) is 13.0. The van der Waals surface area contributed by atoms with Crippen LogP contribution in [0.5, 0.6) is 0 Å². The zero-order chi connectivity index (χ0) is 15.3. The number of rotatable bonds is 7. The molecule has 0 aliphatic heterocycles. The van der Waals surface area contributed by atoms with E-state index in [1.54, 1.807) is 7.11 Å². The van der Waals surface area contributed by atoms with Gasteiger partial charge in [0.25, 0.3) is 0 Å². The standard InChI is InChI=1S/C16H27NO4/c1-21-16(8-5-9-16)12-17-13(18)10-15(11-14(19)20)6-3-2-4-7-15/h2-12H2,1H3,(H,17,18)(H,19,20). The summed E-state index contributed by atoms with van der Waals surface area (Å²) in [5.41, 5.74) is -0.518. The Bertz CT molecular complexity index is 378. The number of hydrogen-bond acceptors (Lipinski definition) is 3. The summed E-state index contributed by atoms with van der Waals surface area (Å²) in [6.45, 7) is 0.547. The summed E-state index contributed by atoms with van der Waals surface area (Å²) in [4.78, 5) is 23.4. The minimum atomic E-state index is -0.794. The topological polar surface area (TPSA) is 75.6 Å². The van der Waals surface area contributed by atoms with Crippen molar-refractivity contribution < 1.29 is 19.4 Å². The minimum Gasteiger partial charge on any atom is -0.481 e. The fourth-order valence-electron chi connectivity index (χ4n) is 3.73. The summed E-state index contributed by atoms with van der Waals surface area (Å²) in [6.07, 6.45) is 8.47. The molecule has 0 aromatic heterocycles. The Labute approximate surface area is 126 Å². The fourth-order valence-corrected chi connectivity index (χ4v) is 3.73. The number of ether oxygens (including phenoxy) is 1. The quantitative estimate of drug-likeness (QED) is 0.757. The van der Waals surface area contributed by atoms with Crippen molar-refractivity contribution in [3.63, 3.8) is 0 Å². The molecule has 0 aromatic rings. The maximum Gasteiger partial charge on any atom is 0.303 e. The molecule has 2 saturated carbocycles. The van der Waals surface area contributed by atoms with Gasteiger partial charge in [0.05, 0.1) is 12.0 Å². The van der Waals surface area contributed by atoms with Crippen molar-refractivity contribution in [2.75, 3.05) is 13.7 Å². The predicted molar refractivity (Wildman–Crippen MR) is 79.0 cm³/mol. The van der Waals surface area contributed by atoms with Crippen LogP contribution in [-0.4, -0.2) is 36.2 Å². The normalized spacial score (nSPS) is 23.1. The van der Waals surface area contributed by atoms with Crippen LogP contribution < -0.4 is 5.32 Å². The molecule has 2 aliphatic rings. The van der Waals surface area contributed by atoms with E-state index in [9.17, 15) is 9.59 Å². The van der Waals surface area contributed by atoms with E-state index in [1.165, 1.54) is 0 Å². The van der Waals surface area contributed by atoms with Gasteiger partial charge in [-0.1, -0.05) is 19.3 Å². The molecule has 120 valence electrons. The third-order valence-electron chi connectivity index (χ3n) is 5.28. The van der Waals surface area contributed by atoms with Crippen molar-refractivity contribution >= 4 is 11.9 Å². The van der Waals surface area contributed by atoms with E-state index in [-0.39, 0.29) is 23.3 Å². The average molecular weight is 297 g/mol. The largest absolute Gasteiger partial charge is 0.481 e. The summed E-state index contributed by atoms with van der Waals surface area (Å²) in [5.74, 6) is -0.821. The van der Waals surface area contributed by atoms with Gasteiger partial charge in [-0.25, -0.2) is 0 Å². The summed E-state index contributed by atoms with van der Waals surface area (Å²) in [6, 6.07) is 0. The number of hydrogen-bond donors (Lipinski definition) is 2. The van der Waals surface area contributed by atoms with Crippen LogP contribution in [0.1, 0.15) is 64.2 Å². The molecule has 5 nitrogen and oxygen atoms in total. The predicted octanol–water partition coefficient (Wildman–Crippen LogP) is 2.49. The van der Waals surface area contributed by atoms with Gasteiger partial charge in [-0.3, -0.25) is 9.59 Å². The van der Waals surface area contributed by atoms with Gasteiger partial charge in [0.1, 0.15) is 0 Å². The molecule has 0 bridgehead atoms. The van der Waals surface area contributed by atoms with Gasteiger partial charge in [-0.15, -0.1) is 0 Å². The Kier molecular flexibility index (Phi) is 5.25. The van der Waals surface area contributed by atoms with Gasteiger partial charge in [0.2, 0.25) is 5.91 Å². The van der Waals surface area contributed by atoms with Crippen LogP contribution in [0.2, 0.25) is 0 Å². The Morgan fingerprint density at radius 2 is 1.71 bits per heavy atom. The lowest BCUT2D eigenvalue weighted by molar-refractivity contribution is -0.141. The molecule has 2 N–H and O–H groups in total. The van der Waals surface area contributed by atoms with Crippen LogP contribution in [0.4, 0.5) is 0 Å². The smallest absolute Gasteiger partial charge is 0.303 e. The van der Waals surface area contributed by atoms with E-state index in [4.69, 9.17) is 9.84 Å². The molecule has 0 spiro atoms. The summed E-state index contributed by atoms with van der Waals surface area (Å²) in [5, 5.41) is 12.1. The first-order valence-electron chi connectivity index (χ1n) is 8.03. The molecule has 2 aliphatic carbocycles. The van der Waals surface area contributed by atoms with E-state index < -0.39 is 5.97 Å². The van der Waals surface area contributed by atoms with Crippen molar-refractivity contribution in [3.05, 3.63) is 0 Å². The van der Waals surface area contributed by atoms with Crippen LogP contribution in [0.15, 0.2) is 0 Å². The van der Waals surface area contributed by atoms with Gasteiger partial charge in [0.15, 0.2) is 0 Å². The second kappa shape index (κ2) is 6.77. The number of aliphatic carboxylic acids is 1. The zero-order valence-corrected chi connectivity index (χ0v) is 13.0. The molecule has 21 heavy (non-hydrogen) atoms. The van der Waals surface area contributed by atoms with E-state index >= 15 is 0 Å². The molecule has 1 amide bonds. The van der Waals surface area contributed by atoms with E-state index in [0.717, 1.165) is 51.4 Å². The van der Waals surface area contributed by atoms with Crippen molar-refractivity contribution in [2.45, 2.75) is 69.8 Å². The second-order valence-corrected chi connectivity index (χ2v) is 6.83. The second-order valence-electron chi connectivity index (χ2n) is 6.83.